The Morgan fingerprint density at radius 3 is 2.16 bits per heavy atom. The molecule has 152 valence electrons. The first-order valence-corrected chi connectivity index (χ1v) is 10.1. The van der Waals surface area contributed by atoms with Gasteiger partial charge >= 0.3 is 6.01 Å². The Morgan fingerprint density at radius 2 is 1.48 bits per heavy atom. The van der Waals surface area contributed by atoms with Gasteiger partial charge in [-0.1, -0.05) is 78.9 Å². The highest BCUT2D eigenvalue weighted by Crippen LogP contribution is 2.27. The number of aromatic nitrogens is 1. The molecule has 0 radical (unpaired) electrons. The number of carbonyl (C=O) groups excluding carboxylic acids is 1. The van der Waals surface area contributed by atoms with E-state index in [9.17, 15) is 4.79 Å². The van der Waals surface area contributed by atoms with Crippen molar-refractivity contribution in [2.24, 2.45) is 11.0 Å². The first-order chi connectivity index (χ1) is 15.3. The lowest BCUT2D eigenvalue weighted by Gasteiger charge is -2.15. The van der Waals surface area contributed by atoms with Gasteiger partial charge in [0.2, 0.25) is 5.91 Å². The second-order valence-corrected chi connectivity index (χ2v) is 7.21. The molecule has 5 rings (SSSR count). The summed E-state index contributed by atoms with van der Waals surface area (Å²) < 4.78 is 5.51. The number of hydrogen-bond donors (Lipinski definition) is 1. The lowest BCUT2D eigenvalue weighted by atomic mass is 9.96. The third kappa shape index (κ3) is 3.96. The van der Waals surface area contributed by atoms with E-state index in [-0.39, 0.29) is 11.9 Å². The molecule has 6 heteroatoms. The molecule has 2 heterocycles. The maximum atomic E-state index is 13.2. The summed E-state index contributed by atoms with van der Waals surface area (Å²) in [5, 5.41) is 9.44. The lowest BCUT2D eigenvalue weighted by Crippen LogP contribution is -2.32. The van der Waals surface area contributed by atoms with E-state index in [1.54, 1.807) is 6.26 Å². The van der Waals surface area contributed by atoms with E-state index < -0.39 is 5.92 Å². The van der Waals surface area contributed by atoms with Gasteiger partial charge in [-0.2, -0.15) is 10.1 Å². The lowest BCUT2D eigenvalue weighted by molar-refractivity contribution is -0.117. The zero-order valence-electron chi connectivity index (χ0n) is 16.7. The molecule has 3 aromatic carbocycles. The smallest absolute Gasteiger partial charge is 0.301 e. The molecule has 1 N–H and O–H groups in total. The van der Waals surface area contributed by atoms with Gasteiger partial charge in [0.05, 0.1) is 17.9 Å². The Morgan fingerprint density at radius 1 is 0.871 bits per heavy atom. The quantitative estimate of drug-likeness (QED) is 0.514. The van der Waals surface area contributed by atoms with Crippen molar-refractivity contribution in [3.63, 3.8) is 0 Å². The van der Waals surface area contributed by atoms with Gasteiger partial charge < -0.3 is 4.42 Å². The molecule has 31 heavy (non-hydrogen) atoms. The number of nitrogens with one attached hydrogen (secondary N) is 1. The van der Waals surface area contributed by atoms with Crippen LogP contribution in [0.2, 0.25) is 0 Å². The summed E-state index contributed by atoms with van der Waals surface area (Å²) in [6.45, 7) is 0.437. The SMILES string of the molecule is O=C(Nc1nc(-c2ccccc2)co1)[C@@H]1CN(c2ccccc2)N=C1c1ccccc1. The summed E-state index contributed by atoms with van der Waals surface area (Å²) in [6.07, 6.45) is 1.54. The predicted molar refractivity (Wildman–Crippen MR) is 121 cm³/mol. The average molecular weight is 408 g/mol. The third-order valence-electron chi connectivity index (χ3n) is 5.16. The topological polar surface area (TPSA) is 70.7 Å². The molecule has 0 saturated carbocycles. The van der Waals surface area contributed by atoms with Crippen LogP contribution in [0.25, 0.3) is 11.3 Å². The minimum atomic E-state index is -0.463. The molecule has 6 nitrogen and oxygen atoms in total. The van der Waals surface area contributed by atoms with Crippen molar-refractivity contribution in [2.45, 2.75) is 0 Å². The Labute approximate surface area is 179 Å². The molecule has 0 fully saturated rings. The van der Waals surface area contributed by atoms with Crippen LogP contribution < -0.4 is 10.3 Å². The van der Waals surface area contributed by atoms with Gasteiger partial charge in [-0.3, -0.25) is 15.1 Å². The monoisotopic (exact) mass is 408 g/mol. The molecule has 1 atom stereocenters. The first kappa shape index (κ1) is 18.8. The number of amides is 1. The van der Waals surface area contributed by atoms with Gasteiger partial charge in [-0.25, -0.2) is 0 Å². The van der Waals surface area contributed by atoms with Crippen LogP contribution in [0, 0.1) is 5.92 Å². The number of carbonyl (C=O) groups is 1. The number of para-hydroxylation sites is 1. The molecule has 4 aromatic rings. The first-order valence-electron chi connectivity index (χ1n) is 10.1. The number of anilines is 2. The Balaban J connectivity index is 1.39. The van der Waals surface area contributed by atoms with E-state index >= 15 is 0 Å². The van der Waals surface area contributed by atoms with Crippen molar-refractivity contribution in [1.82, 2.24) is 4.98 Å². The van der Waals surface area contributed by atoms with E-state index in [0.29, 0.717) is 12.2 Å². The number of benzene rings is 3. The van der Waals surface area contributed by atoms with Gasteiger partial charge in [0.1, 0.15) is 17.9 Å². The number of hydrazone groups is 1. The molecular formula is C25H20N4O2. The summed E-state index contributed by atoms with van der Waals surface area (Å²) >= 11 is 0. The number of oxazole rings is 1. The summed E-state index contributed by atoms with van der Waals surface area (Å²) in [5.41, 5.74) is 4.17. The zero-order valence-corrected chi connectivity index (χ0v) is 16.7. The molecule has 1 aromatic heterocycles. The highest BCUT2D eigenvalue weighted by molar-refractivity contribution is 6.17. The minimum Gasteiger partial charge on any atom is -0.431 e. The molecule has 0 spiro atoms. The molecule has 0 unspecified atom stereocenters. The van der Waals surface area contributed by atoms with Gasteiger partial charge in [-0.15, -0.1) is 0 Å². The fourth-order valence-electron chi connectivity index (χ4n) is 3.60. The third-order valence-corrected chi connectivity index (χ3v) is 5.16. The van der Waals surface area contributed by atoms with Crippen LogP contribution in [0.1, 0.15) is 5.56 Å². The van der Waals surface area contributed by atoms with Crippen molar-refractivity contribution in [1.29, 1.82) is 0 Å². The average Bonchev–Trinajstić information content (AvgIpc) is 3.49. The fourth-order valence-corrected chi connectivity index (χ4v) is 3.60. The van der Waals surface area contributed by atoms with Crippen molar-refractivity contribution < 1.29 is 9.21 Å². The maximum absolute atomic E-state index is 13.2. The van der Waals surface area contributed by atoms with Crippen LogP contribution in [-0.4, -0.2) is 23.1 Å². The van der Waals surface area contributed by atoms with Crippen molar-refractivity contribution in [2.75, 3.05) is 16.9 Å². The number of nitrogens with zero attached hydrogens (tertiary/aromatic N) is 3. The van der Waals surface area contributed by atoms with Crippen molar-refractivity contribution in [3.8, 4) is 11.3 Å². The maximum Gasteiger partial charge on any atom is 0.301 e. The number of rotatable bonds is 5. The van der Waals surface area contributed by atoms with Crippen LogP contribution in [0.15, 0.2) is 107 Å². The zero-order chi connectivity index (χ0) is 21.0. The predicted octanol–water partition coefficient (Wildman–Crippen LogP) is 4.82. The van der Waals surface area contributed by atoms with E-state index in [4.69, 9.17) is 9.52 Å². The summed E-state index contributed by atoms with van der Waals surface area (Å²) in [6, 6.07) is 29.5. The summed E-state index contributed by atoms with van der Waals surface area (Å²) in [4.78, 5) is 17.6. The standard InChI is InChI=1S/C25H20N4O2/c30-24(27-25-26-22(17-31-25)18-10-4-1-5-11-18)21-16-29(20-14-8-3-9-15-20)28-23(21)19-12-6-2-7-13-19/h1-15,17,21H,16H2,(H,26,27,30)/t21-/m1/s1. The Bertz CT molecular complexity index is 1200. The second-order valence-electron chi connectivity index (χ2n) is 7.21. The van der Waals surface area contributed by atoms with Gasteiger partial charge in [0, 0.05) is 5.56 Å². The highest BCUT2D eigenvalue weighted by atomic mass is 16.4. The van der Waals surface area contributed by atoms with E-state index in [2.05, 4.69) is 10.3 Å². The minimum absolute atomic E-state index is 0.175. The van der Waals surface area contributed by atoms with E-state index in [1.165, 1.54) is 0 Å². The molecule has 1 aliphatic heterocycles. The molecule has 0 aliphatic carbocycles. The molecule has 1 aliphatic rings. The second kappa shape index (κ2) is 8.28. The largest absolute Gasteiger partial charge is 0.431 e. The normalized spacial score (nSPS) is 15.5. The highest BCUT2D eigenvalue weighted by Gasteiger charge is 2.34. The van der Waals surface area contributed by atoms with Gasteiger partial charge in [-0.05, 0) is 17.7 Å². The van der Waals surface area contributed by atoms with Crippen LogP contribution in [0.3, 0.4) is 0 Å². The van der Waals surface area contributed by atoms with Gasteiger partial charge in [0.25, 0.3) is 0 Å². The summed E-state index contributed by atoms with van der Waals surface area (Å²) in [5.74, 6) is -0.669. The van der Waals surface area contributed by atoms with Crippen molar-refractivity contribution >= 4 is 23.3 Å². The molecule has 0 saturated heterocycles. The van der Waals surface area contributed by atoms with Crippen LogP contribution in [-0.2, 0) is 4.79 Å². The van der Waals surface area contributed by atoms with E-state index in [0.717, 1.165) is 22.5 Å². The van der Waals surface area contributed by atoms with Gasteiger partial charge in [0.15, 0.2) is 0 Å². The molecule has 1 amide bonds. The van der Waals surface area contributed by atoms with E-state index in [1.807, 2.05) is 96.0 Å². The van der Waals surface area contributed by atoms with Crippen molar-refractivity contribution in [3.05, 3.63) is 103 Å². The summed E-state index contributed by atoms with van der Waals surface area (Å²) in [7, 11) is 0. The van der Waals surface area contributed by atoms with Crippen LogP contribution in [0.4, 0.5) is 11.7 Å². The Hall–Kier alpha value is -4.19. The fraction of sp³-hybridized carbons (Fsp3) is 0.0800. The Kier molecular flexibility index (Phi) is 5.02. The van der Waals surface area contributed by atoms with Crippen LogP contribution >= 0.6 is 0 Å². The van der Waals surface area contributed by atoms with Crippen LogP contribution in [0.5, 0.6) is 0 Å². The molecule has 0 bridgehead atoms. The molecular weight excluding hydrogens is 388 g/mol. The number of hydrogen-bond acceptors (Lipinski definition) is 5.